The van der Waals surface area contributed by atoms with Gasteiger partial charge in [-0.05, 0) is 32.6 Å². The van der Waals surface area contributed by atoms with Crippen molar-refractivity contribution in [3.05, 3.63) is 0 Å². The summed E-state index contributed by atoms with van der Waals surface area (Å²) < 4.78 is 0. The Hall–Kier alpha value is -0.570. The van der Waals surface area contributed by atoms with Gasteiger partial charge in [0.1, 0.15) is 0 Å². The van der Waals surface area contributed by atoms with E-state index in [1.165, 1.54) is 25.7 Å². The fourth-order valence-electron chi connectivity index (χ4n) is 2.37. The van der Waals surface area contributed by atoms with E-state index in [4.69, 9.17) is 5.11 Å². The second kappa shape index (κ2) is 5.50. The van der Waals surface area contributed by atoms with Crippen LogP contribution in [0, 0.1) is 11.8 Å². The molecule has 3 atom stereocenters. The van der Waals surface area contributed by atoms with Crippen LogP contribution in [0.2, 0.25) is 0 Å². The number of nitrogens with one attached hydrogen (secondary N) is 1. The molecule has 1 saturated carbocycles. The van der Waals surface area contributed by atoms with Crippen LogP contribution in [0.3, 0.4) is 0 Å². The number of hydrogen-bond donors (Lipinski definition) is 2. The highest BCUT2D eigenvalue weighted by molar-refractivity contribution is 5.70. The molecular formula is C12H23NO2. The van der Waals surface area contributed by atoms with Crippen molar-refractivity contribution in [2.24, 2.45) is 11.8 Å². The molecule has 0 spiro atoms. The van der Waals surface area contributed by atoms with Gasteiger partial charge in [-0.2, -0.15) is 0 Å². The molecule has 0 bridgehead atoms. The molecule has 0 radical (unpaired) electrons. The number of aliphatic carboxylic acids is 1. The lowest BCUT2D eigenvalue weighted by Gasteiger charge is -2.26. The van der Waals surface area contributed by atoms with Gasteiger partial charge >= 0.3 is 5.97 Å². The van der Waals surface area contributed by atoms with Gasteiger partial charge in [0.25, 0.3) is 0 Å². The first-order valence-electron chi connectivity index (χ1n) is 6.01. The van der Waals surface area contributed by atoms with Crippen LogP contribution in [0.4, 0.5) is 0 Å². The van der Waals surface area contributed by atoms with Gasteiger partial charge < -0.3 is 10.4 Å². The Morgan fingerprint density at radius 2 is 1.80 bits per heavy atom. The van der Waals surface area contributed by atoms with E-state index in [2.05, 4.69) is 12.2 Å². The van der Waals surface area contributed by atoms with E-state index in [9.17, 15) is 4.79 Å². The highest BCUT2D eigenvalue weighted by atomic mass is 16.4. The van der Waals surface area contributed by atoms with Crippen molar-refractivity contribution in [2.75, 3.05) is 0 Å². The molecule has 1 aliphatic carbocycles. The van der Waals surface area contributed by atoms with Crippen molar-refractivity contribution in [1.82, 2.24) is 5.32 Å². The Balaban J connectivity index is 2.36. The molecular weight excluding hydrogens is 190 g/mol. The van der Waals surface area contributed by atoms with Crippen LogP contribution in [0.5, 0.6) is 0 Å². The zero-order valence-corrected chi connectivity index (χ0v) is 9.99. The molecule has 0 aromatic carbocycles. The minimum atomic E-state index is -0.714. The van der Waals surface area contributed by atoms with Crippen LogP contribution in [0.15, 0.2) is 0 Å². The van der Waals surface area contributed by atoms with Crippen LogP contribution in [0.25, 0.3) is 0 Å². The SMILES string of the molecule is CC(N[C@@H](C)C1CCCC1)C(C)C(=O)O. The van der Waals surface area contributed by atoms with E-state index in [-0.39, 0.29) is 12.0 Å². The molecule has 2 unspecified atom stereocenters. The standard InChI is InChI=1S/C12H23NO2/c1-8(12(14)15)9(2)13-10(3)11-6-4-5-7-11/h8-11,13H,4-7H2,1-3H3,(H,14,15)/t8?,9?,10-/m0/s1. The van der Waals surface area contributed by atoms with Crippen LogP contribution in [-0.2, 0) is 4.79 Å². The molecule has 15 heavy (non-hydrogen) atoms. The molecule has 0 amide bonds. The van der Waals surface area contributed by atoms with E-state index in [0.29, 0.717) is 6.04 Å². The first-order valence-corrected chi connectivity index (χ1v) is 6.01. The zero-order chi connectivity index (χ0) is 11.4. The average Bonchev–Trinajstić information content (AvgIpc) is 2.68. The molecule has 0 heterocycles. The van der Waals surface area contributed by atoms with Crippen LogP contribution in [-0.4, -0.2) is 23.2 Å². The Bertz CT molecular complexity index is 212. The minimum Gasteiger partial charge on any atom is -0.481 e. The maximum atomic E-state index is 10.8. The monoisotopic (exact) mass is 213 g/mol. The topological polar surface area (TPSA) is 49.3 Å². The summed E-state index contributed by atoms with van der Waals surface area (Å²) in [6.07, 6.45) is 5.25. The van der Waals surface area contributed by atoms with Crippen molar-refractivity contribution in [3.8, 4) is 0 Å². The van der Waals surface area contributed by atoms with Crippen LogP contribution >= 0.6 is 0 Å². The molecule has 0 aromatic heterocycles. The molecule has 1 rings (SSSR count). The van der Waals surface area contributed by atoms with Crippen LogP contribution < -0.4 is 5.32 Å². The summed E-state index contributed by atoms with van der Waals surface area (Å²) in [7, 11) is 0. The summed E-state index contributed by atoms with van der Waals surface area (Å²) in [5.74, 6) is -0.282. The molecule has 1 fully saturated rings. The predicted molar refractivity (Wildman–Crippen MR) is 60.8 cm³/mol. The van der Waals surface area contributed by atoms with Crippen molar-refractivity contribution in [3.63, 3.8) is 0 Å². The fourth-order valence-corrected chi connectivity index (χ4v) is 2.37. The summed E-state index contributed by atoms with van der Waals surface area (Å²) in [6, 6.07) is 0.502. The largest absolute Gasteiger partial charge is 0.481 e. The Kier molecular flexibility index (Phi) is 4.58. The number of carbonyl (C=O) groups is 1. The summed E-state index contributed by atoms with van der Waals surface area (Å²) in [4.78, 5) is 10.8. The molecule has 0 saturated heterocycles. The van der Waals surface area contributed by atoms with Crippen molar-refractivity contribution >= 4 is 5.97 Å². The number of carboxylic acid groups (broad SMARTS) is 1. The summed E-state index contributed by atoms with van der Waals surface area (Å²) in [5, 5.41) is 12.3. The van der Waals surface area contributed by atoms with Crippen molar-refractivity contribution in [1.29, 1.82) is 0 Å². The van der Waals surface area contributed by atoms with Gasteiger partial charge in [-0.25, -0.2) is 0 Å². The smallest absolute Gasteiger partial charge is 0.307 e. The first kappa shape index (κ1) is 12.5. The molecule has 3 heteroatoms. The van der Waals surface area contributed by atoms with E-state index < -0.39 is 5.97 Å². The maximum Gasteiger partial charge on any atom is 0.307 e. The van der Waals surface area contributed by atoms with Gasteiger partial charge in [0, 0.05) is 12.1 Å². The van der Waals surface area contributed by atoms with Gasteiger partial charge in [0.2, 0.25) is 0 Å². The third-order valence-electron chi connectivity index (χ3n) is 3.77. The maximum absolute atomic E-state index is 10.8. The second-order valence-electron chi connectivity index (χ2n) is 4.92. The number of hydrogen-bond acceptors (Lipinski definition) is 2. The molecule has 0 aliphatic heterocycles. The lowest BCUT2D eigenvalue weighted by molar-refractivity contribution is -0.142. The van der Waals surface area contributed by atoms with Crippen molar-refractivity contribution < 1.29 is 9.90 Å². The fraction of sp³-hybridized carbons (Fsp3) is 0.917. The molecule has 3 nitrogen and oxygen atoms in total. The first-order chi connectivity index (χ1) is 7.02. The zero-order valence-electron chi connectivity index (χ0n) is 9.99. The third-order valence-corrected chi connectivity index (χ3v) is 3.77. The summed E-state index contributed by atoms with van der Waals surface area (Å²) in [5.41, 5.74) is 0. The minimum absolute atomic E-state index is 0.0538. The molecule has 2 N–H and O–H groups in total. The Morgan fingerprint density at radius 3 is 2.27 bits per heavy atom. The third kappa shape index (κ3) is 3.49. The van der Waals surface area contributed by atoms with Gasteiger partial charge in [0.05, 0.1) is 5.92 Å². The van der Waals surface area contributed by atoms with Crippen molar-refractivity contribution in [2.45, 2.75) is 58.5 Å². The second-order valence-corrected chi connectivity index (χ2v) is 4.92. The van der Waals surface area contributed by atoms with Gasteiger partial charge in [0.15, 0.2) is 0 Å². The van der Waals surface area contributed by atoms with E-state index >= 15 is 0 Å². The predicted octanol–water partition coefficient (Wildman–Crippen LogP) is 2.26. The lowest BCUT2D eigenvalue weighted by atomic mass is 9.96. The number of carboxylic acids is 1. The quantitative estimate of drug-likeness (QED) is 0.736. The molecule has 0 aromatic rings. The highest BCUT2D eigenvalue weighted by Gasteiger charge is 2.26. The summed E-state index contributed by atoms with van der Waals surface area (Å²) in [6.45, 7) is 5.91. The van der Waals surface area contributed by atoms with Gasteiger partial charge in [-0.15, -0.1) is 0 Å². The normalized spacial score (nSPS) is 23.7. The van der Waals surface area contributed by atoms with E-state index in [1.807, 2.05) is 6.92 Å². The van der Waals surface area contributed by atoms with Crippen LogP contribution in [0.1, 0.15) is 46.5 Å². The lowest BCUT2D eigenvalue weighted by Crippen LogP contribution is -2.44. The van der Waals surface area contributed by atoms with E-state index in [0.717, 1.165) is 5.92 Å². The molecule has 1 aliphatic rings. The van der Waals surface area contributed by atoms with Gasteiger partial charge in [-0.3, -0.25) is 4.79 Å². The molecule has 88 valence electrons. The number of rotatable bonds is 5. The Morgan fingerprint density at radius 1 is 1.27 bits per heavy atom. The highest BCUT2D eigenvalue weighted by Crippen LogP contribution is 2.27. The summed E-state index contributed by atoms with van der Waals surface area (Å²) >= 11 is 0. The Labute approximate surface area is 92.3 Å². The van der Waals surface area contributed by atoms with E-state index in [1.54, 1.807) is 6.92 Å². The van der Waals surface area contributed by atoms with Gasteiger partial charge in [-0.1, -0.05) is 19.8 Å². The average molecular weight is 213 g/mol.